The molecule has 2 aromatic heterocycles. The van der Waals surface area contributed by atoms with E-state index in [2.05, 4.69) is 32.2 Å². The molecular formula is C15H16N6. The summed E-state index contributed by atoms with van der Waals surface area (Å²) in [4.78, 5) is 4.34. The molecular weight excluding hydrogens is 264 g/mol. The molecule has 21 heavy (non-hydrogen) atoms. The molecule has 2 N–H and O–H groups in total. The van der Waals surface area contributed by atoms with E-state index in [1.54, 1.807) is 10.9 Å². The maximum Gasteiger partial charge on any atom is 0.181 e. The number of rotatable bonds is 5. The summed E-state index contributed by atoms with van der Waals surface area (Å²) in [6, 6.07) is 8.02. The third kappa shape index (κ3) is 3.00. The lowest BCUT2D eigenvalue weighted by Crippen LogP contribution is -1.98. The van der Waals surface area contributed by atoms with Crippen LogP contribution in [0.2, 0.25) is 0 Å². The van der Waals surface area contributed by atoms with Gasteiger partial charge in [-0.25, -0.2) is 9.67 Å². The van der Waals surface area contributed by atoms with Crippen molar-refractivity contribution in [2.45, 2.75) is 13.5 Å². The first kappa shape index (κ1) is 13.1. The molecule has 0 fully saturated rings. The van der Waals surface area contributed by atoms with Gasteiger partial charge in [0.05, 0.1) is 6.20 Å². The van der Waals surface area contributed by atoms with E-state index < -0.39 is 0 Å². The molecule has 3 aromatic rings. The van der Waals surface area contributed by atoms with Crippen LogP contribution in [0.25, 0.3) is 17.6 Å². The number of hydrogen-bond acceptors (Lipinski definition) is 4. The van der Waals surface area contributed by atoms with Crippen LogP contribution < -0.4 is 5.32 Å². The molecule has 2 heterocycles. The number of benzene rings is 1. The van der Waals surface area contributed by atoms with Gasteiger partial charge < -0.3 is 5.32 Å². The van der Waals surface area contributed by atoms with E-state index in [0.717, 1.165) is 22.6 Å². The molecule has 6 heteroatoms. The maximum absolute atomic E-state index is 4.34. The second kappa shape index (κ2) is 5.62. The largest absolute Gasteiger partial charge is 0.381 e. The van der Waals surface area contributed by atoms with E-state index in [9.17, 15) is 0 Å². The average molecular weight is 280 g/mol. The van der Waals surface area contributed by atoms with Crippen LogP contribution in [0.5, 0.6) is 0 Å². The van der Waals surface area contributed by atoms with Gasteiger partial charge in [-0.2, -0.15) is 10.2 Å². The third-order valence-electron chi connectivity index (χ3n) is 3.06. The summed E-state index contributed by atoms with van der Waals surface area (Å²) < 4.78 is 1.68. The maximum atomic E-state index is 4.34. The molecule has 0 aliphatic carbocycles. The number of aromatic nitrogens is 5. The Kier molecular flexibility index (Phi) is 3.51. The summed E-state index contributed by atoms with van der Waals surface area (Å²) in [6.07, 6.45) is 5.41. The molecule has 0 unspecified atom stereocenters. The van der Waals surface area contributed by atoms with Crippen molar-refractivity contribution in [1.29, 1.82) is 0 Å². The minimum atomic E-state index is 0.699. The first-order chi connectivity index (χ1) is 10.2. The SMILES string of the molecule is C=Cn1cc(CNc2cccc(-c3n[nH]c(C)n3)c2)cn1. The second-order valence-electron chi connectivity index (χ2n) is 4.69. The van der Waals surface area contributed by atoms with Gasteiger partial charge in [0.1, 0.15) is 5.82 Å². The molecule has 0 spiro atoms. The normalized spacial score (nSPS) is 10.5. The lowest BCUT2D eigenvalue weighted by molar-refractivity contribution is 0.936. The van der Waals surface area contributed by atoms with Crippen molar-refractivity contribution in [3.63, 3.8) is 0 Å². The highest BCUT2D eigenvalue weighted by Gasteiger charge is 2.04. The Balaban J connectivity index is 1.72. The van der Waals surface area contributed by atoms with E-state index >= 15 is 0 Å². The van der Waals surface area contributed by atoms with Crippen molar-refractivity contribution in [3.05, 3.63) is 54.6 Å². The zero-order chi connectivity index (χ0) is 14.7. The molecule has 106 valence electrons. The summed E-state index contributed by atoms with van der Waals surface area (Å²) in [7, 11) is 0. The van der Waals surface area contributed by atoms with Gasteiger partial charge in [0, 0.05) is 35.8 Å². The number of anilines is 1. The second-order valence-corrected chi connectivity index (χ2v) is 4.69. The first-order valence-electron chi connectivity index (χ1n) is 6.63. The molecule has 0 bridgehead atoms. The Bertz CT molecular complexity index is 755. The highest BCUT2D eigenvalue weighted by Crippen LogP contribution is 2.19. The van der Waals surface area contributed by atoms with E-state index in [4.69, 9.17) is 0 Å². The fourth-order valence-electron chi connectivity index (χ4n) is 2.01. The van der Waals surface area contributed by atoms with Crippen LogP contribution in [-0.2, 0) is 6.54 Å². The lowest BCUT2D eigenvalue weighted by atomic mass is 10.2. The molecule has 0 aliphatic rings. The topological polar surface area (TPSA) is 71.4 Å². The predicted molar refractivity (Wildman–Crippen MR) is 82.5 cm³/mol. The van der Waals surface area contributed by atoms with Crippen LogP contribution in [0.1, 0.15) is 11.4 Å². The third-order valence-corrected chi connectivity index (χ3v) is 3.06. The molecule has 0 atom stereocenters. The fraction of sp³-hybridized carbons (Fsp3) is 0.133. The summed E-state index contributed by atoms with van der Waals surface area (Å²) in [5.41, 5.74) is 3.08. The molecule has 3 rings (SSSR count). The zero-order valence-electron chi connectivity index (χ0n) is 11.7. The highest BCUT2D eigenvalue weighted by atomic mass is 15.2. The summed E-state index contributed by atoms with van der Waals surface area (Å²) in [6.45, 7) is 6.26. The van der Waals surface area contributed by atoms with Crippen LogP contribution in [0.15, 0.2) is 43.2 Å². The van der Waals surface area contributed by atoms with E-state index in [1.807, 2.05) is 43.6 Å². The van der Waals surface area contributed by atoms with Crippen molar-refractivity contribution in [3.8, 4) is 11.4 Å². The van der Waals surface area contributed by atoms with Crippen molar-refractivity contribution in [2.75, 3.05) is 5.32 Å². The van der Waals surface area contributed by atoms with Crippen LogP contribution in [-0.4, -0.2) is 25.0 Å². The van der Waals surface area contributed by atoms with Crippen LogP contribution in [0.4, 0.5) is 5.69 Å². The predicted octanol–water partition coefficient (Wildman–Crippen LogP) is 2.69. The van der Waals surface area contributed by atoms with Crippen molar-refractivity contribution in [1.82, 2.24) is 25.0 Å². The van der Waals surface area contributed by atoms with Crippen LogP contribution in [0, 0.1) is 6.92 Å². The summed E-state index contributed by atoms with van der Waals surface area (Å²) in [5, 5.41) is 14.5. The Morgan fingerprint density at radius 1 is 1.43 bits per heavy atom. The van der Waals surface area contributed by atoms with E-state index in [-0.39, 0.29) is 0 Å². The Morgan fingerprint density at radius 2 is 2.33 bits per heavy atom. The monoisotopic (exact) mass is 280 g/mol. The van der Waals surface area contributed by atoms with Gasteiger partial charge in [0.15, 0.2) is 5.82 Å². The van der Waals surface area contributed by atoms with Crippen LogP contribution in [0.3, 0.4) is 0 Å². The number of aromatic amines is 1. The van der Waals surface area contributed by atoms with Gasteiger partial charge >= 0.3 is 0 Å². The molecule has 0 aliphatic heterocycles. The number of aryl methyl sites for hydroxylation is 1. The van der Waals surface area contributed by atoms with Gasteiger partial charge in [-0.05, 0) is 19.1 Å². The first-order valence-corrected chi connectivity index (χ1v) is 6.63. The minimum Gasteiger partial charge on any atom is -0.381 e. The van der Waals surface area contributed by atoms with Gasteiger partial charge in [-0.15, -0.1) is 0 Å². The smallest absolute Gasteiger partial charge is 0.181 e. The average Bonchev–Trinajstić information content (AvgIpc) is 3.14. The van der Waals surface area contributed by atoms with Crippen molar-refractivity contribution >= 4 is 11.9 Å². The molecule has 1 aromatic carbocycles. The number of H-pyrrole nitrogens is 1. The molecule has 0 radical (unpaired) electrons. The van der Waals surface area contributed by atoms with Gasteiger partial charge in [-0.1, -0.05) is 18.7 Å². The van der Waals surface area contributed by atoms with E-state index in [0.29, 0.717) is 12.4 Å². The number of hydrogen-bond donors (Lipinski definition) is 2. The van der Waals surface area contributed by atoms with Gasteiger partial charge in [0.2, 0.25) is 0 Å². The van der Waals surface area contributed by atoms with Crippen molar-refractivity contribution in [2.24, 2.45) is 0 Å². The number of nitrogens with one attached hydrogen (secondary N) is 2. The molecule has 0 amide bonds. The Morgan fingerprint density at radius 3 is 3.05 bits per heavy atom. The Hall–Kier alpha value is -2.89. The van der Waals surface area contributed by atoms with E-state index in [1.165, 1.54) is 0 Å². The lowest BCUT2D eigenvalue weighted by Gasteiger charge is -2.05. The Labute approximate surface area is 122 Å². The zero-order valence-corrected chi connectivity index (χ0v) is 11.7. The molecule has 0 saturated heterocycles. The van der Waals surface area contributed by atoms with Crippen LogP contribution >= 0.6 is 0 Å². The fourth-order valence-corrected chi connectivity index (χ4v) is 2.01. The quantitative estimate of drug-likeness (QED) is 0.753. The van der Waals surface area contributed by atoms with Gasteiger partial charge in [0.25, 0.3) is 0 Å². The number of nitrogens with zero attached hydrogens (tertiary/aromatic N) is 4. The standard InChI is InChI=1S/C15H16N6/c1-3-21-10-12(9-17-21)8-16-14-6-4-5-13(7-14)15-18-11(2)19-20-15/h3-7,9-10,16H,1,8H2,2H3,(H,18,19,20). The van der Waals surface area contributed by atoms with Gasteiger partial charge in [-0.3, -0.25) is 5.10 Å². The molecule has 6 nitrogen and oxygen atoms in total. The minimum absolute atomic E-state index is 0.699. The highest BCUT2D eigenvalue weighted by molar-refractivity contribution is 5.62. The molecule has 0 saturated carbocycles. The summed E-state index contributed by atoms with van der Waals surface area (Å²) >= 11 is 0. The van der Waals surface area contributed by atoms with Crippen molar-refractivity contribution < 1.29 is 0 Å². The summed E-state index contributed by atoms with van der Waals surface area (Å²) in [5.74, 6) is 1.51.